The molecular weight excluding hydrogens is 354 g/mol. The molecule has 1 aromatic heterocycles. The van der Waals surface area contributed by atoms with Crippen molar-refractivity contribution in [3.8, 4) is 5.88 Å². The SMILES string of the molecule is BCCN1C(=O)c2ccc(/N=C(\N)c3c(Cl)ccnc3OC)cc2C1=O. The van der Waals surface area contributed by atoms with Crippen LogP contribution in [0, 0.1) is 0 Å². The van der Waals surface area contributed by atoms with Crippen LogP contribution in [-0.2, 0) is 0 Å². The molecule has 2 N–H and O–H groups in total. The zero-order chi connectivity index (χ0) is 18.8. The zero-order valence-electron chi connectivity index (χ0n) is 14.3. The summed E-state index contributed by atoms with van der Waals surface area (Å²) in [6.07, 6.45) is 2.20. The van der Waals surface area contributed by atoms with Crippen LogP contribution in [0.2, 0.25) is 11.3 Å². The van der Waals surface area contributed by atoms with Crippen molar-refractivity contribution in [3.05, 3.63) is 52.2 Å². The van der Waals surface area contributed by atoms with Gasteiger partial charge in [0.15, 0.2) is 0 Å². The van der Waals surface area contributed by atoms with E-state index in [1.807, 2.05) is 7.85 Å². The van der Waals surface area contributed by atoms with Gasteiger partial charge in [-0.25, -0.2) is 9.98 Å². The van der Waals surface area contributed by atoms with E-state index >= 15 is 0 Å². The van der Waals surface area contributed by atoms with Crippen LogP contribution >= 0.6 is 11.6 Å². The van der Waals surface area contributed by atoms with Crippen LogP contribution in [0.5, 0.6) is 5.88 Å². The van der Waals surface area contributed by atoms with Gasteiger partial charge in [-0.2, -0.15) is 0 Å². The molecule has 0 bridgehead atoms. The second-order valence-electron chi connectivity index (χ2n) is 5.67. The molecule has 2 aromatic rings. The van der Waals surface area contributed by atoms with Crippen molar-refractivity contribution in [2.75, 3.05) is 13.7 Å². The minimum Gasteiger partial charge on any atom is -0.480 e. The molecule has 0 atom stereocenters. The lowest BCUT2D eigenvalue weighted by atomic mass is 10.1. The first-order chi connectivity index (χ1) is 12.5. The van der Waals surface area contributed by atoms with Crippen molar-refractivity contribution in [2.24, 2.45) is 10.7 Å². The molecule has 0 spiro atoms. The van der Waals surface area contributed by atoms with Crippen LogP contribution in [0.1, 0.15) is 26.3 Å². The summed E-state index contributed by atoms with van der Waals surface area (Å²) in [6.45, 7) is 0.385. The first-order valence-electron chi connectivity index (χ1n) is 8.01. The topological polar surface area (TPSA) is 97.9 Å². The maximum Gasteiger partial charge on any atom is 0.261 e. The number of rotatable bonds is 5. The third kappa shape index (κ3) is 3.03. The number of carbonyl (C=O) groups is 2. The molecule has 0 aliphatic carbocycles. The number of hydrogen-bond donors (Lipinski definition) is 1. The second-order valence-corrected chi connectivity index (χ2v) is 6.07. The number of ether oxygens (including phenoxy) is 1. The maximum absolute atomic E-state index is 12.4. The lowest BCUT2D eigenvalue weighted by molar-refractivity contribution is 0.0663. The average Bonchev–Trinajstić information content (AvgIpc) is 2.86. The summed E-state index contributed by atoms with van der Waals surface area (Å²) >= 11 is 6.17. The Morgan fingerprint density at radius 1 is 1.31 bits per heavy atom. The number of amides is 2. The van der Waals surface area contributed by atoms with Gasteiger partial charge in [-0.15, -0.1) is 0 Å². The van der Waals surface area contributed by atoms with E-state index in [0.29, 0.717) is 40.3 Å². The Labute approximate surface area is 156 Å². The van der Waals surface area contributed by atoms with Crippen molar-refractivity contribution in [1.82, 2.24) is 9.88 Å². The third-order valence-corrected chi connectivity index (χ3v) is 4.28. The summed E-state index contributed by atoms with van der Waals surface area (Å²) < 4.78 is 5.17. The number of aromatic nitrogens is 1. The Bertz CT molecular complexity index is 932. The van der Waals surface area contributed by atoms with E-state index in [-0.39, 0.29) is 23.5 Å². The molecule has 132 valence electrons. The maximum atomic E-state index is 12.4. The molecule has 0 saturated carbocycles. The predicted octanol–water partition coefficient (Wildman–Crippen LogP) is 1.43. The van der Waals surface area contributed by atoms with Crippen LogP contribution in [0.15, 0.2) is 35.5 Å². The highest BCUT2D eigenvalue weighted by Crippen LogP contribution is 2.29. The molecule has 9 heteroatoms. The van der Waals surface area contributed by atoms with Gasteiger partial charge in [-0.05, 0) is 24.3 Å². The number of aliphatic imine (C=N–C) groups is 1. The lowest BCUT2D eigenvalue weighted by Crippen LogP contribution is -2.30. The van der Waals surface area contributed by atoms with Crippen molar-refractivity contribution in [2.45, 2.75) is 6.32 Å². The number of pyridine rings is 1. The molecule has 0 unspecified atom stereocenters. The molecule has 0 fully saturated rings. The van der Waals surface area contributed by atoms with E-state index in [0.717, 1.165) is 0 Å². The van der Waals surface area contributed by atoms with Gasteiger partial charge in [0.05, 0.1) is 34.5 Å². The normalized spacial score (nSPS) is 13.9. The molecule has 1 aromatic carbocycles. The molecule has 7 nitrogen and oxygen atoms in total. The molecule has 1 aliphatic rings. The molecule has 2 amide bonds. The Balaban J connectivity index is 2.00. The predicted molar refractivity (Wildman–Crippen MR) is 101 cm³/mol. The average molecular weight is 371 g/mol. The summed E-state index contributed by atoms with van der Waals surface area (Å²) in [5, 5.41) is 0.347. The monoisotopic (exact) mass is 370 g/mol. The first kappa shape index (κ1) is 17.9. The number of fused-ring (bicyclic) bond motifs is 1. The second kappa shape index (κ2) is 7.17. The summed E-state index contributed by atoms with van der Waals surface area (Å²) in [5.41, 5.74) is 7.56. The van der Waals surface area contributed by atoms with Gasteiger partial charge in [-0.1, -0.05) is 17.9 Å². The van der Waals surface area contributed by atoms with Gasteiger partial charge < -0.3 is 10.5 Å². The number of carbonyl (C=O) groups excluding carboxylic acids is 2. The lowest BCUT2D eigenvalue weighted by Gasteiger charge is -2.11. The third-order valence-electron chi connectivity index (χ3n) is 3.97. The number of amidine groups is 1. The van der Waals surface area contributed by atoms with Crippen molar-refractivity contribution < 1.29 is 14.3 Å². The van der Waals surface area contributed by atoms with E-state index in [1.165, 1.54) is 18.2 Å². The fourth-order valence-electron chi connectivity index (χ4n) is 2.78. The molecular formula is C17H16BClN4O3. The highest BCUT2D eigenvalue weighted by molar-refractivity contribution is 6.34. The number of nitrogens with zero attached hydrogens (tertiary/aromatic N) is 3. The number of halogens is 1. The Morgan fingerprint density at radius 2 is 2.04 bits per heavy atom. The van der Waals surface area contributed by atoms with Gasteiger partial charge in [0.25, 0.3) is 11.8 Å². The van der Waals surface area contributed by atoms with Crippen molar-refractivity contribution >= 4 is 42.8 Å². The van der Waals surface area contributed by atoms with E-state index in [9.17, 15) is 9.59 Å². The Kier molecular flexibility index (Phi) is 4.95. The van der Waals surface area contributed by atoms with Crippen LogP contribution in [-0.4, -0.2) is 49.0 Å². The number of nitrogens with two attached hydrogens (primary N) is 1. The van der Waals surface area contributed by atoms with Gasteiger partial charge in [-0.3, -0.25) is 14.5 Å². The van der Waals surface area contributed by atoms with Crippen molar-refractivity contribution in [3.63, 3.8) is 0 Å². The van der Waals surface area contributed by atoms with Gasteiger partial charge in [0.1, 0.15) is 13.7 Å². The summed E-state index contributed by atoms with van der Waals surface area (Å²) in [7, 11) is 3.36. The summed E-state index contributed by atoms with van der Waals surface area (Å²) in [5.74, 6) is -0.255. The Hall–Kier alpha value is -2.87. The van der Waals surface area contributed by atoms with Crippen LogP contribution in [0.25, 0.3) is 0 Å². The van der Waals surface area contributed by atoms with Gasteiger partial charge in [0.2, 0.25) is 5.88 Å². The number of hydrogen-bond acceptors (Lipinski definition) is 5. The molecule has 26 heavy (non-hydrogen) atoms. The fraction of sp³-hybridized carbons (Fsp3) is 0.176. The van der Waals surface area contributed by atoms with Crippen LogP contribution < -0.4 is 10.5 Å². The van der Waals surface area contributed by atoms with E-state index in [4.69, 9.17) is 22.1 Å². The van der Waals surface area contributed by atoms with E-state index in [2.05, 4.69) is 9.98 Å². The fourth-order valence-corrected chi connectivity index (χ4v) is 3.01. The van der Waals surface area contributed by atoms with Crippen LogP contribution in [0.3, 0.4) is 0 Å². The summed E-state index contributed by atoms with van der Waals surface area (Å²) in [6, 6.07) is 6.34. The Morgan fingerprint density at radius 3 is 2.73 bits per heavy atom. The van der Waals surface area contributed by atoms with Crippen molar-refractivity contribution in [1.29, 1.82) is 0 Å². The highest BCUT2D eigenvalue weighted by Gasteiger charge is 2.34. The molecule has 0 radical (unpaired) electrons. The number of imide groups is 1. The highest BCUT2D eigenvalue weighted by atomic mass is 35.5. The largest absolute Gasteiger partial charge is 0.480 e. The minimum atomic E-state index is -0.320. The zero-order valence-corrected chi connectivity index (χ0v) is 15.1. The summed E-state index contributed by atoms with van der Waals surface area (Å²) in [4.78, 5) is 34.3. The number of methoxy groups -OCH3 is 1. The molecule has 2 heterocycles. The molecule has 0 saturated heterocycles. The van der Waals surface area contributed by atoms with E-state index < -0.39 is 0 Å². The van der Waals surface area contributed by atoms with Gasteiger partial charge in [0, 0.05) is 12.7 Å². The van der Waals surface area contributed by atoms with Gasteiger partial charge >= 0.3 is 0 Å². The standard InChI is InChI=1S/C17H16BClN4O3/c1-26-15-13(12(19)4-6-21-15)14(20)22-9-2-3-10-11(8-9)17(25)23(7-5-18)16(10)24/h2-4,6,8H,5,7,18H2,1H3,(H2,20,22). The van der Waals surface area contributed by atoms with Crippen LogP contribution in [0.4, 0.5) is 5.69 Å². The first-order valence-corrected chi connectivity index (χ1v) is 8.39. The molecule has 3 rings (SSSR count). The quantitative estimate of drug-likeness (QED) is 0.371. The number of benzene rings is 1. The smallest absolute Gasteiger partial charge is 0.261 e. The van der Waals surface area contributed by atoms with E-state index in [1.54, 1.807) is 24.3 Å². The minimum absolute atomic E-state index is 0.0992. The molecule has 1 aliphatic heterocycles.